The first-order chi connectivity index (χ1) is 14.0. The van der Waals surface area contributed by atoms with E-state index in [1.807, 2.05) is 29.2 Å². The van der Waals surface area contributed by atoms with Crippen LogP contribution in [-0.4, -0.2) is 73.1 Å². The van der Waals surface area contributed by atoms with Crippen LogP contribution in [0.25, 0.3) is 0 Å². The van der Waals surface area contributed by atoms with Crippen LogP contribution in [0, 0.1) is 0 Å². The van der Waals surface area contributed by atoms with Crippen molar-refractivity contribution in [1.29, 1.82) is 0 Å². The van der Waals surface area contributed by atoms with E-state index in [0.717, 1.165) is 64.1 Å². The van der Waals surface area contributed by atoms with Crippen molar-refractivity contribution in [1.82, 2.24) is 15.1 Å². The molecule has 2 saturated heterocycles. The standard InChI is InChI=1S/C22H32ClN3O3/c1-17(27)25-11-6-19(7-12-25)26(20-8-14-29-15-9-20)13-10-24-22(28)16-18-4-2-3-5-21(18)23/h2-5,19-20H,6-16H2,1H3,(H,24,28). The van der Waals surface area contributed by atoms with Crippen LogP contribution in [0.5, 0.6) is 0 Å². The molecule has 6 nitrogen and oxygen atoms in total. The van der Waals surface area contributed by atoms with Crippen molar-refractivity contribution in [2.75, 3.05) is 39.4 Å². The highest BCUT2D eigenvalue weighted by Crippen LogP contribution is 2.23. The van der Waals surface area contributed by atoms with Gasteiger partial charge in [0.25, 0.3) is 0 Å². The van der Waals surface area contributed by atoms with E-state index in [0.29, 0.717) is 30.1 Å². The predicted molar refractivity (Wildman–Crippen MR) is 114 cm³/mol. The lowest BCUT2D eigenvalue weighted by atomic mass is 9.98. The first-order valence-electron chi connectivity index (χ1n) is 10.6. The maximum absolute atomic E-state index is 12.4. The van der Waals surface area contributed by atoms with Gasteiger partial charge in [0.15, 0.2) is 0 Å². The average molecular weight is 422 g/mol. The van der Waals surface area contributed by atoms with E-state index in [9.17, 15) is 9.59 Å². The first kappa shape index (κ1) is 22.1. The normalized spacial score (nSPS) is 18.8. The molecule has 0 aromatic heterocycles. The van der Waals surface area contributed by atoms with Crippen LogP contribution in [-0.2, 0) is 20.7 Å². The number of nitrogens with one attached hydrogen (secondary N) is 1. The van der Waals surface area contributed by atoms with Crippen molar-refractivity contribution < 1.29 is 14.3 Å². The molecule has 0 saturated carbocycles. The SMILES string of the molecule is CC(=O)N1CCC(N(CCNC(=O)Cc2ccccc2Cl)C2CCOCC2)CC1. The summed E-state index contributed by atoms with van der Waals surface area (Å²) >= 11 is 6.16. The summed E-state index contributed by atoms with van der Waals surface area (Å²) in [5, 5.41) is 3.69. The summed E-state index contributed by atoms with van der Waals surface area (Å²) in [6.45, 7) is 6.32. The molecule has 2 aliphatic rings. The van der Waals surface area contributed by atoms with Gasteiger partial charge >= 0.3 is 0 Å². The van der Waals surface area contributed by atoms with E-state index in [1.165, 1.54) is 0 Å². The minimum Gasteiger partial charge on any atom is -0.381 e. The van der Waals surface area contributed by atoms with Crippen LogP contribution in [0.1, 0.15) is 38.2 Å². The number of benzene rings is 1. The number of rotatable bonds is 7. The molecule has 0 bridgehead atoms. The van der Waals surface area contributed by atoms with Gasteiger partial charge in [0.1, 0.15) is 0 Å². The quantitative estimate of drug-likeness (QED) is 0.734. The molecular weight excluding hydrogens is 390 g/mol. The smallest absolute Gasteiger partial charge is 0.224 e. The number of halogens is 1. The van der Waals surface area contributed by atoms with Gasteiger partial charge in [-0.05, 0) is 37.3 Å². The van der Waals surface area contributed by atoms with Crippen molar-refractivity contribution in [2.45, 2.75) is 51.1 Å². The number of carbonyl (C=O) groups is 2. The fourth-order valence-corrected chi connectivity index (χ4v) is 4.60. The molecule has 2 heterocycles. The Morgan fingerprint density at radius 1 is 1.14 bits per heavy atom. The van der Waals surface area contributed by atoms with E-state index in [-0.39, 0.29) is 11.8 Å². The molecule has 0 aliphatic carbocycles. The van der Waals surface area contributed by atoms with Gasteiger partial charge < -0.3 is 15.0 Å². The Balaban J connectivity index is 1.52. The van der Waals surface area contributed by atoms with Crippen LogP contribution in [0.4, 0.5) is 0 Å². The van der Waals surface area contributed by atoms with Gasteiger partial charge in [-0.25, -0.2) is 0 Å². The van der Waals surface area contributed by atoms with Crippen LogP contribution in [0.2, 0.25) is 5.02 Å². The third-order valence-electron chi connectivity index (χ3n) is 6.04. The zero-order valence-corrected chi connectivity index (χ0v) is 18.0. The summed E-state index contributed by atoms with van der Waals surface area (Å²) in [5.74, 6) is 0.157. The molecule has 3 rings (SSSR count). The van der Waals surface area contributed by atoms with Crippen molar-refractivity contribution in [3.63, 3.8) is 0 Å². The Morgan fingerprint density at radius 2 is 1.79 bits per heavy atom. The maximum Gasteiger partial charge on any atom is 0.224 e. The second kappa shape index (κ2) is 11.0. The van der Waals surface area contributed by atoms with Gasteiger partial charge in [0, 0.05) is 63.4 Å². The minimum atomic E-state index is -0.00331. The van der Waals surface area contributed by atoms with Gasteiger partial charge in [0.2, 0.25) is 11.8 Å². The highest BCUT2D eigenvalue weighted by atomic mass is 35.5. The maximum atomic E-state index is 12.4. The van der Waals surface area contributed by atoms with Crippen LogP contribution >= 0.6 is 11.6 Å². The molecule has 0 radical (unpaired) electrons. The second-order valence-corrected chi connectivity index (χ2v) is 8.34. The molecule has 0 atom stereocenters. The van der Waals surface area contributed by atoms with Gasteiger partial charge in [-0.1, -0.05) is 29.8 Å². The highest BCUT2D eigenvalue weighted by molar-refractivity contribution is 6.31. The van der Waals surface area contributed by atoms with E-state index in [2.05, 4.69) is 10.2 Å². The number of piperidine rings is 1. The Hall–Kier alpha value is -1.63. The molecule has 1 aromatic carbocycles. The summed E-state index contributed by atoms with van der Waals surface area (Å²) in [7, 11) is 0. The molecule has 1 N–H and O–H groups in total. The summed E-state index contributed by atoms with van der Waals surface area (Å²) in [4.78, 5) is 28.5. The zero-order chi connectivity index (χ0) is 20.6. The predicted octanol–water partition coefficient (Wildman–Crippen LogP) is 2.49. The van der Waals surface area contributed by atoms with Gasteiger partial charge in [-0.3, -0.25) is 14.5 Å². The Kier molecular flexibility index (Phi) is 8.33. The molecule has 2 fully saturated rings. The molecule has 2 amide bonds. The molecule has 7 heteroatoms. The number of amides is 2. The van der Waals surface area contributed by atoms with Crippen molar-refractivity contribution in [3.8, 4) is 0 Å². The fraction of sp³-hybridized carbons (Fsp3) is 0.636. The third kappa shape index (κ3) is 6.43. The topological polar surface area (TPSA) is 61.9 Å². The molecule has 2 aliphatic heterocycles. The number of likely N-dealkylation sites (tertiary alicyclic amines) is 1. The molecule has 0 unspecified atom stereocenters. The fourth-order valence-electron chi connectivity index (χ4n) is 4.39. The molecule has 160 valence electrons. The zero-order valence-electron chi connectivity index (χ0n) is 17.2. The Bertz CT molecular complexity index is 686. The lowest BCUT2D eigenvalue weighted by Crippen LogP contribution is -2.53. The summed E-state index contributed by atoms with van der Waals surface area (Å²) in [6.07, 6.45) is 4.34. The number of hydrogen-bond acceptors (Lipinski definition) is 4. The van der Waals surface area contributed by atoms with Gasteiger partial charge in [-0.15, -0.1) is 0 Å². The number of hydrogen-bond donors (Lipinski definition) is 1. The van der Waals surface area contributed by atoms with Gasteiger partial charge in [-0.2, -0.15) is 0 Å². The summed E-state index contributed by atoms with van der Waals surface area (Å²) in [6, 6.07) is 8.40. The second-order valence-electron chi connectivity index (χ2n) is 7.94. The monoisotopic (exact) mass is 421 g/mol. The summed E-state index contributed by atoms with van der Waals surface area (Å²) in [5.41, 5.74) is 0.851. The van der Waals surface area contributed by atoms with Gasteiger partial charge in [0.05, 0.1) is 6.42 Å². The third-order valence-corrected chi connectivity index (χ3v) is 6.41. The molecule has 1 aromatic rings. The van der Waals surface area contributed by atoms with E-state index < -0.39 is 0 Å². The van der Waals surface area contributed by atoms with Crippen LogP contribution in [0.15, 0.2) is 24.3 Å². The lowest BCUT2D eigenvalue weighted by molar-refractivity contribution is -0.130. The van der Waals surface area contributed by atoms with Crippen LogP contribution in [0.3, 0.4) is 0 Å². The van der Waals surface area contributed by atoms with Crippen molar-refractivity contribution >= 4 is 23.4 Å². The lowest BCUT2D eigenvalue weighted by Gasteiger charge is -2.43. The van der Waals surface area contributed by atoms with Crippen molar-refractivity contribution in [2.24, 2.45) is 0 Å². The van der Waals surface area contributed by atoms with Crippen molar-refractivity contribution in [3.05, 3.63) is 34.9 Å². The average Bonchev–Trinajstić information content (AvgIpc) is 2.74. The molecule has 29 heavy (non-hydrogen) atoms. The van der Waals surface area contributed by atoms with E-state index in [4.69, 9.17) is 16.3 Å². The molecular formula is C22H32ClN3O3. The van der Waals surface area contributed by atoms with E-state index in [1.54, 1.807) is 6.92 Å². The Morgan fingerprint density at radius 3 is 2.45 bits per heavy atom. The minimum absolute atomic E-state index is 0.00331. The van der Waals surface area contributed by atoms with E-state index >= 15 is 0 Å². The highest BCUT2D eigenvalue weighted by Gasteiger charge is 2.31. The van der Waals surface area contributed by atoms with Crippen LogP contribution < -0.4 is 5.32 Å². The largest absolute Gasteiger partial charge is 0.381 e. The number of carbonyl (C=O) groups excluding carboxylic acids is 2. The first-order valence-corrected chi connectivity index (χ1v) is 11.0. The number of ether oxygens (including phenoxy) is 1. The molecule has 0 spiro atoms. The summed E-state index contributed by atoms with van der Waals surface area (Å²) < 4.78 is 5.54. The Labute approximate surface area is 178 Å². The number of nitrogens with zero attached hydrogens (tertiary/aromatic N) is 2.